The second-order valence-electron chi connectivity index (χ2n) is 3.57. The molecule has 1 rings (SSSR count). The quantitative estimate of drug-likeness (QED) is 0.725. The Bertz CT molecular complexity index is 306. The second-order valence-corrected chi connectivity index (χ2v) is 3.57. The number of Topliss-reactive ketones (excluding diaryl/α,β-unsaturated/α-hetero) is 1. The first-order valence-electron chi connectivity index (χ1n) is 4.64. The zero-order valence-corrected chi connectivity index (χ0v) is 8.53. The largest absolute Gasteiger partial charge is 0.329 e. The molecule has 14 heavy (non-hydrogen) atoms. The van der Waals surface area contributed by atoms with E-state index in [4.69, 9.17) is 5.73 Å². The molecule has 0 aromatic carbocycles. The number of nitrogens with zero attached hydrogens (tertiary/aromatic N) is 2. The molecule has 1 aromatic heterocycles. The van der Waals surface area contributed by atoms with Gasteiger partial charge in [0.1, 0.15) is 6.33 Å². The van der Waals surface area contributed by atoms with Gasteiger partial charge in [-0.15, -0.1) is 0 Å². The Hall–Kier alpha value is -1.29. The van der Waals surface area contributed by atoms with E-state index in [0.717, 1.165) is 6.42 Å². The maximum absolute atomic E-state index is 12.0. The molecule has 4 heteroatoms. The lowest BCUT2D eigenvalue weighted by Gasteiger charge is -2.24. The van der Waals surface area contributed by atoms with E-state index in [9.17, 15) is 4.79 Å². The summed E-state index contributed by atoms with van der Waals surface area (Å²) in [6, 6.07) is 0. The highest BCUT2D eigenvalue weighted by Gasteiger charge is 2.30. The molecule has 1 aromatic rings. The molecule has 0 aliphatic rings. The molecule has 1 unspecified atom stereocenters. The molecule has 0 saturated carbocycles. The Morgan fingerprint density at radius 2 is 2.07 bits per heavy atom. The summed E-state index contributed by atoms with van der Waals surface area (Å²) in [5, 5.41) is 0. The van der Waals surface area contributed by atoms with Crippen molar-refractivity contribution in [3.63, 3.8) is 0 Å². The van der Waals surface area contributed by atoms with Gasteiger partial charge in [-0.05, 0) is 6.42 Å². The lowest BCUT2D eigenvalue weighted by molar-refractivity contribution is 0.0819. The van der Waals surface area contributed by atoms with E-state index in [1.54, 1.807) is 0 Å². The summed E-state index contributed by atoms with van der Waals surface area (Å²) >= 11 is 0. The topological polar surface area (TPSA) is 68.9 Å². The first kappa shape index (κ1) is 10.8. The standard InChI is InChI=1S/C10H15N3O/c1-3-10(2,6-11)9(14)8-4-12-7-13-5-8/h4-5,7H,3,6,11H2,1-2H3. The van der Waals surface area contributed by atoms with Gasteiger partial charge in [-0.3, -0.25) is 4.79 Å². The normalized spacial score (nSPS) is 14.8. The zero-order chi connectivity index (χ0) is 10.6. The van der Waals surface area contributed by atoms with Crippen molar-refractivity contribution in [2.45, 2.75) is 20.3 Å². The average Bonchev–Trinajstić information content (AvgIpc) is 2.28. The highest BCUT2D eigenvalue weighted by molar-refractivity contribution is 5.99. The van der Waals surface area contributed by atoms with E-state index in [1.165, 1.54) is 18.7 Å². The second kappa shape index (κ2) is 4.28. The van der Waals surface area contributed by atoms with Crippen molar-refractivity contribution in [2.75, 3.05) is 6.54 Å². The van der Waals surface area contributed by atoms with Crippen LogP contribution in [0, 0.1) is 5.41 Å². The van der Waals surface area contributed by atoms with Crippen molar-refractivity contribution in [1.29, 1.82) is 0 Å². The number of hydrogen-bond acceptors (Lipinski definition) is 4. The molecular formula is C10H15N3O. The van der Waals surface area contributed by atoms with Crippen molar-refractivity contribution < 1.29 is 4.79 Å². The van der Waals surface area contributed by atoms with Crippen molar-refractivity contribution in [3.05, 3.63) is 24.3 Å². The zero-order valence-electron chi connectivity index (χ0n) is 8.53. The van der Waals surface area contributed by atoms with Gasteiger partial charge >= 0.3 is 0 Å². The molecule has 4 nitrogen and oxygen atoms in total. The monoisotopic (exact) mass is 193 g/mol. The van der Waals surface area contributed by atoms with Gasteiger partial charge in [-0.2, -0.15) is 0 Å². The van der Waals surface area contributed by atoms with Crippen molar-refractivity contribution in [2.24, 2.45) is 11.1 Å². The van der Waals surface area contributed by atoms with Crippen LogP contribution in [-0.4, -0.2) is 22.3 Å². The van der Waals surface area contributed by atoms with Crippen LogP contribution in [-0.2, 0) is 0 Å². The van der Waals surface area contributed by atoms with Gasteiger partial charge in [0, 0.05) is 24.4 Å². The summed E-state index contributed by atoms with van der Waals surface area (Å²) in [5.74, 6) is 0.0168. The van der Waals surface area contributed by atoms with Crippen LogP contribution in [0.15, 0.2) is 18.7 Å². The molecule has 76 valence electrons. The lowest BCUT2D eigenvalue weighted by atomic mass is 9.81. The smallest absolute Gasteiger partial charge is 0.173 e. The highest BCUT2D eigenvalue weighted by atomic mass is 16.1. The fourth-order valence-corrected chi connectivity index (χ4v) is 1.16. The van der Waals surface area contributed by atoms with E-state index in [2.05, 4.69) is 9.97 Å². The average molecular weight is 193 g/mol. The summed E-state index contributed by atoms with van der Waals surface area (Å²) in [7, 11) is 0. The number of rotatable bonds is 4. The van der Waals surface area contributed by atoms with Crippen molar-refractivity contribution >= 4 is 5.78 Å². The van der Waals surface area contributed by atoms with E-state index >= 15 is 0 Å². The number of nitrogens with two attached hydrogens (primary N) is 1. The SMILES string of the molecule is CCC(C)(CN)C(=O)c1cncnc1. The van der Waals surface area contributed by atoms with E-state index in [-0.39, 0.29) is 5.78 Å². The fraction of sp³-hybridized carbons (Fsp3) is 0.500. The molecule has 0 spiro atoms. The first-order valence-corrected chi connectivity index (χ1v) is 4.64. The molecule has 1 atom stereocenters. The predicted octanol–water partition coefficient (Wildman–Crippen LogP) is 1.03. The Morgan fingerprint density at radius 3 is 2.50 bits per heavy atom. The summed E-state index contributed by atoms with van der Waals surface area (Å²) in [6.07, 6.45) is 5.18. The van der Waals surface area contributed by atoms with Crippen molar-refractivity contribution in [1.82, 2.24) is 9.97 Å². The van der Waals surface area contributed by atoms with Gasteiger partial charge in [-0.25, -0.2) is 9.97 Å². The van der Waals surface area contributed by atoms with Gasteiger partial charge in [-0.1, -0.05) is 13.8 Å². The third kappa shape index (κ3) is 1.96. The van der Waals surface area contributed by atoms with Crippen LogP contribution in [0.5, 0.6) is 0 Å². The van der Waals surface area contributed by atoms with Crippen LogP contribution < -0.4 is 5.73 Å². The Labute approximate surface area is 83.6 Å². The molecule has 0 aliphatic heterocycles. The Balaban J connectivity index is 2.95. The van der Waals surface area contributed by atoms with Gasteiger partial charge in [0.15, 0.2) is 5.78 Å². The van der Waals surface area contributed by atoms with Gasteiger partial charge in [0.05, 0.1) is 5.56 Å². The number of aromatic nitrogens is 2. The molecule has 1 heterocycles. The highest BCUT2D eigenvalue weighted by Crippen LogP contribution is 2.24. The third-order valence-electron chi connectivity index (χ3n) is 2.60. The first-order chi connectivity index (χ1) is 6.64. The molecule has 0 aliphatic carbocycles. The maximum Gasteiger partial charge on any atom is 0.173 e. The number of carbonyl (C=O) groups excluding carboxylic acids is 1. The summed E-state index contributed by atoms with van der Waals surface area (Å²) < 4.78 is 0. The Morgan fingerprint density at radius 1 is 1.50 bits per heavy atom. The lowest BCUT2D eigenvalue weighted by Crippen LogP contribution is -2.35. The molecular weight excluding hydrogens is 178 g/mol. The molecule has 0 amide bonds. The Kier molecular flexibility index (Phi) is 3.30. The fourth-order valence-electron chi connectivity index (χ4n) is 1.16. The number of hydrogen-bond donors (Lipinski definition) is 1. The minimum atomic E-state index is -0.495. The van der Waals surface area contributed by atoms with Crippen LogP contribution in [0.2, 0.25) is 0 Å². The summed E-state index contributed by atoms with van der Waals surface area (Å²) in [4.78, 5) is 19.6. The minimum absolute atomic E-state index is 0.0168. The van der Waals surface area contributed by atoms with Crippen molar-refractivity contribution in [3.8, 4) is 0 Å². The molecule has 0 fully saturated rings. The third-order valence-corrected chi connectivity index (χ3v) is 2.60. The van der Waals surface area contributed by atoms with Gasteiger partial charge < -0.3 is 5.73 Å². The van der Waals surface area contributed by atoms with E-state index in [1.807, 2.05) is 13.8 Å². The van der Waals surface area contributed by atoms with Gasteiger partial charge in [0.2, 0.25) is 0 Å². The van der Waals surface area contributed by atoms with Crippen LogP contribution in [0.3, 0.4) is 0 Å². The van der Waals surface area contributed by atoms with E-state index in [0.29, 0.717) is 12.1 Å². The number of carbonyl (C=O) groups is 1. The molecule has 2 N–H and O–H groups in total. The summed E-state index contributed by atoms with van der Waals surface area (Å²) in [5.41, 5.74) is 5.63. The molecule has 0 bridgehead atoms. The van der Waals surface area contributed by atoms with Crippen LogP contribution in [0.1, 0.15) is 30.6 Å². The maximum atomic E-state index is 12.0. The van der Waals surface area contributed by atoms with Crippen LogP contribution >= 0.6 is 0 Å². The van der Waals surface area contributed by atoms with E-state index < -0.39 is 5.41 Å². The molecule has 0 radical (unpaired) electrons. The summed E-state index contributed by atoms with van der Waals surface area (Å²) in [6.45, 7) is 4.16. The van der Waals surface area contributed by atoms with Crippen LogP contribution in [0.4, 0.5) is 0 Å². The predicted molar refractivity (Wildman–Crippen MR) is 53.8 cm³/mol. The minimum Gasteiger partial charge on any atom is -0.329 e. The van der Waals surface area contributed by atoms with Crippen LogP contribution in [0.25, 0.3) is 0 Å². The number of ketones is 1. The molecule has 0 saturated heterocycles. The van der Waals surface area contributed by atoms with Gasteiger partial charge in [0.25, 0.3) is 0 Å².